The van der Waals surface area contributed by atoms with E-state index in [9.17, 15) is 5.11 Å². The SMILES string of the molecule is Cn1ccc(CNCC(O)COc2ccc(Cl)c(Cl)c2)n1. The first-order valence-corrected chi connectivity index (χ1v) is 7.25. The number of aliphatic hydroxyl groups is 1. The lowest BCUT2D eigenvalue weighted by atomic mass is 10.3. The largest absolute Gasteiger partial charge is 0.491 e. The minimum absolute atomic E-state index is 0.174. The molecule has 21 heavy (non-hydrogen) atoms. The third-order valence-electron chi connectivity index (χ3n) is 2.79. The van der Waals surface area contributed by atoms with Gasteiger partial charge in [-0.15, -0.1) is 0 Å². The summed E-state index contributed by atoms with van der Waals surface area (Å²) in [4.78, 5) is 0. The Bertz CT molecular complexity index is 589. The monoisotopic (exact) mass is 329 g/mol. The Kier molecular flexibility index (Phi) is 5.87. The van der Waals surface area contributed by atoms with E-state index >= 15 is 0 Å². The van der Waals surface area contributed by atoms with Crippen LogP contribution >= 0.6 is 23.2 Å². The number of hydrogen-bond acceptors (Lipinski definition) is 4. The maximum Gasteiger partial charge on any atom is 0.121 e. The zero-order valence-corrected chi connectivity index (χ0v) is 13.1. The number of nitrogens with one attached hydrogen (secondary N) is 1. The van der Waals surface area contributed by atoms with Crippen molar-refractivity contribution in [2.75, 3.05) is 13.2 Å². The van der Waals surface area contributed by atoms with E-state index in [1.54, 1.807) is 22.9 Å². The molecule has 1 aromatic carbocycles. The number of rotatable bonds is 7. The summed E-state index contributed by atoms with van der Waals surface area (Å²) < 4.78 is 7.19. The van der Waals surface area contributed by atoms with Crippen LogP contribution in [0, 0.1) is 0 Å². The van der Waals surface area contributed by atoms with Crippen LogP contribution in [0.3, 0.4) is 0 Å². The maximum atomic E-state index is 9.85. The van der Waals surface area contributed by atoms with Gasteiger partial charge in [0.05, 0.1) is 15.7 Å². The van der Waals surface area contributed by atoms with Crippen molar-refractivity contribution in [1.82, 2.24) is 15.1 Å². The van der Waals surface area contributed by atoms with Gasteiger partial charge in [-0.05, 0) is 18.2 Å². The molecule has 1 heterocycles. The van der Waals surface area contributed by atoms with E-state index in [2.05, 4.69) is 10.4 Å². The van der Waals surface area contributed by atoms with Gasteiger partial charge in [-0.2, -0.15) is 5.10 Å². The molecular formula is C14H17Cl2N3O2. The summed E-state index contributed by atoms with van der Waals surface area (Å²) in [6, 6.07) is 6.91. The number of aryl methyl sites for hydroxylation is 1. The van der Waals surface area contributed by atoms with Crippen molar-refractivity contribution >= 4 is 23.2 Å². The predicted octanol–water partition coefficient (Wildman–Crippen LogP) is 2.26. The fourth-order valence-corrected chi connectivity index (χ4v) is 2.03. The van der Waals surface area contributed by atoms with Crippen LogP contribution in [0.25, 0.3) is 0 Å². The Morgan fingerprint density at radius 1 is 1.33 bits per heavy atom. The first-order valence-electron chi connectivity index (χ1n) is 6.50. The summed E-state index contributed by atoms with van der Waals surface area (Å²) in [6.45, 7) is 1.19. The third-order valence-corrected chi connectivity index (χ3v) is 3.53. The number of hydrogen-bond donors (Lipinski definition) is 2. The van der Waals surface area contributed by atoms with Crippen LogP contribution in [0.2, 0.25) is 10.0 Å². The Labute approximate surface area is 133 Å². The van der Waals surface area contributed by atoms with E-state index < -0.39 is 6.10 Å². The molecule has 0 aliphatic carbocycles. The van der Waals surface area contributed by atoms with Gasteiger partial charge in [-0.1, -0.05) is 23.2 Å². The summed E-state index contributed by atoms with van der Waals surface area (Å²) in [5, 5.41) is 18.1. The molecule has 0 aliphatic heterocycles. The van der Waals surface area contributed by atoms with Crippen molar-refractivity contribution in [2.45, 2.75) is 12.6 Å². The smallest absolute Gasteiger partial charge is 0.121 e. The molecule has 2 aromatic rings. The molecule has 0 saturated carbocycles. The fraction of sp³-hybridized carbons (Fsp3) is 0.357. The van der Waals surface area contributed by atoms with Gasteiger partial charge in [0.1, 0.15) is 18.5 Å². The minimum atomic E-state index is -0.622. The van der Waals surface area contributed by atoms with Gasteiger partial charge in [0.15, 0.2) is 0 Å². The minimum Gasteiger partial charge on any atom is -0.491 e. The van der Waals surface area contributed by atoms with Crippen molar-refractivity contribution in [2.24, 2.45) is 7.05 Å². The Hall–Kier alpha value is -1.27. The topological polar surface area (TPSA) is 59.3 Å². The highest BCUT2D eigenvalue weighted by Gasteiger charge is 2.07. The van der Waals surface area contributed by atoms with E-state index in [-0.39, 0.29) is 6.61 Å². The highest BCUT2D eigenvalue weighted by molar-refractivity contribution is 6.42. The average molecular weight is 330 g/mol. The van der Waals surface area contributed by atoms with Crippen LogP contribution in [-0.2, 0) is 13.6 Å². The summed E-state index contributed by atoms with van der Waals surface area (Å²) >= 11 is 11.7. The second kappa shape index (κ2) is 7.66. The Morgan fingerprint density at radius 2 is 2.14 bits per heavy atom. The van der Waals surface area contributed by atoms with Crippen LogP contribution in [-0.4, -0.2) is 34.1 Å². The van der Waals surface area contributed by atoms with Crippen molar-refractivity contribution in [3.05, 3.63) is 46.2 Å². The summed E-state index contributed by atoms with van der Waals surface area (Å²) in [6.07, 6.45) is 1.25. The lowest BCUT2D eigenvalue weighted by molar-refractivity contribution is 0.106. The van der Waals surface area contributed by atoms with E-state index in [1.807, 2.05) is 19.3 Å². The van der Waals surface area contributed by atoms with Gasteiger partial charge in [0, 0.05) is 32.4 Å². The fourth-order valence-electron chi connectivity index (χ4n) is 1.74. The molecule has 0 saturated heterocycles. The molecular weight excluding hydrogens is 313 g/mol. The lowest BCUT2D eigenvalue weighted by Gasteiger charge is -2.13. The summed E-state index contributed by atoms with van der Waals surface area (Å²) in [7, 11) is 1.86. The van der Waals surface area contributed by atoms with Crippen LogP contribution in [0.15, 0.2) is 30.5 Å². The van der Waals surface area contributed by atoms with Gasteiger partial charge >= 0.3 is 0 Å². The highest BCUT2D eigenvalue weighted by Crippen LogP contribution is 2.26. The molecule has 0 spiro atoms. The number of halogens is 2. The van der Waals surface area contributed by atoms with Gasteiger partial charge in [-0.3, -0.25) is 4.68 Å². The number of ether oxygens (including phenoxy) is 1. The summed E-state index contributed by atoms with van der Waals surface area (Å²) in [5.41, 5.74) is 0.926. The quantitative estimate of drug-likeness (QED) is 0.818. The van der Waals surface area contributed by atoms with Gasteiger partial charge < -0.3 is 15.2 Å². The second-order valence-corrected chi connectivity index (χ2v) is 5.47. The second-order valence-electron chi connectivity index (χ2n) is 4.65. The number of aliphatic hydroxyl groups excluding tert-OH is 1. The molecule has 0 amide bonds. The molecule has 114 valence electrons. The molecule has 2 N–H and O–H groups in total. The molecule has 1 aromatic heterocycles. The van der Waals surface area contributed by atoms with Gasteiger partial charge in [-0.25, -0.2) is 0 Å². The van der Waals surface area contributed by atoms with E-state index in [0.29, 0.717) is 28.9 Å². The molecule has 0 aliphatic rings. The molecule has 0 bridgehead atoms. The van der Waals surface area contributed by atoms with Crippen LogP contribution < -0.4 is 10.1 Å². The standard InChI is InChI=1S/C14H17Cl2N3O2/c1-19-5-4-10(18-19)7-17-8-11(20)9-21-12-2-3-13(15)14(16)6-12/h2-6,11,17,20H,7-9H2,1H3. The van der Waals surface area contributed by atoms with E-state index in [0.717, 1.165) is 5.69 Å². The van der Waals surface area contributed by atoms with Crippen LogP contribution in [0.4, 0.5) is 0 Å². The number of nitrogens with zero attached hydrogens (tertiary/aromatic N) is 2. The van der Waals surface area contributed by atoms with Crippen molar-refractivity contribution < 1.29 is 9.84 Å². The Morgan fingerprint density at radius 3 is 2.81 bits per heavy atom. The van der Waals surface area contributed by atoms with Crippen molar-refractivity contribution in [3.63, 3.8) is 0 Å². The first kappa shape index (κ1) is 16.1. The molecule has 7 heteroatoms. The molecule has 0 radical (unpaired) electrons. The molecule has 1 unspecified atom stereocenters. The molecule has 5 nitrogen and oxygen atoms in total. The zero-order valence-electron chi connectivity index (χ0n) is 11.6. The molecule has 0 fully saturated rings. The van der Waals surface area contributed by atoms with Crippen molar-refractivity contribution in [3.8, 4) is 5.75 Å². The molecule has 1 atom stereocenters. The van der Waals surface area contributed by atoms with Gasteiger partial charge in [0.2, 0.25) is 0 Å². The van der Waals surface area contributed by atoms with Crippen molar-refractivity contribution in [1.29, 1.82) is 0 Å². The third kappa shape index (κ3) is 5.21. The number of aromatic nitrogens is 2. The summed E-state index contributed by atoms with van der Waals surface area (Å²) in [5.74, 6) is 0.577. The van der Waals surface area contributed by atoms with Crippen LogP contribution in [0.1, 0.15) is 5.69 Å². The van der Waals surface area contributed by atoms with Crippen LogP contribution in [0.5, 0.6) is 5.75 Å². The lowest BCUT2D eigenvalue weighted by Crippen LogP contribution is -2.31. The highest BCUT2D eigenvalue weighted by atomic mass is 35.5. The Balaban J connectivity index is 1.69. The normalized spacial score (nSPS) is 12.4. The molecule has 2 rings (SSSR count). The van der Waals surface area contributed by atoms with E-state index in [4.69, 9.17) is 27.9 Å². The first-order chi connectivity index (χ1) is 10.0. The maximum absolute atomic E-state index is 9.85. The zero-order chi connectivity index (χ0) is 15.2. The number of benzene rings is 1. The van der Waals surface area contributed by atoms with E-state index in [1.165, 1.54) is 0 Å². The average Bonchev–Trinajstić information content (AvgIpc) is 2.86. The van der Waals surface area contributed by atoms with Gasteiger partial charge in [0.25, 0.3) is 0 Å². The predicted molar refractivity (Wildman–Crippen MR) is 82.9 cm³/mol.